The molecule has 0 saturated carbocycles. The Balaban J connectivity index is 1.09. The molecule has 1 aromatic heterocycles. The minimum Gasteiger partial charge on any atom is -0.394 e. The number of nitrogens with two attached hydrogens (primary N) is 1. The highest BCUT2D eigenvalue weighted by molar-refractivity contribution is 6.30. The van der Waals surface area contributed by atoms with E-state index in [1.165, 1.54) is 79.7 Å². The van der Waals surface area contributed by atoms with Gasteiger partial charge in [-0.15, -0.1) is 0 Å². The molecule has 2 unspecified atom stereocenters. The molecule has 35 heteroatoms. The number of hydrogen-bond donors (Lipinski definition) is 17. The minimum absolute atomic E-state index is 0.00222. The van der Waals surface area contributed by atoms with E-state index in [1.54, 1.807) is 50.2 Å². The Labute approximate surface area is 719 Å². The number of aliphatic hydroxyl groups excluding tert-OH is 2. The van der Waals surface area contributed by atoms with Gasteiger partial charge in [-0.3, -0.25) is 72.6 Å². The van der Waals surface area contributed by atoms with E-state index in [0.29, 0.717) is 59.5 Å². The number of anilines is 2. The van der Waals surface area contributed by atoms with E-state index in [0.717, 1.165) is 23.6 Å². The summed E-state index contributed by atoms with van der Waals surface area (Å²) in [6, 6.07) is 17.3. The Morgan fingerprint density at radius 3 is 1.58 bits per heavy atom. The number of benzene rings is 5. The Bertz CT molecular complexity index is 4660. The minimum atomic E-state index is -1.93. The lowest BCUT2D eigenvalue weighted by atomic mass is 9.99. The fraction of sp³-hybridized carbons (Fsp3) is 0.455. The Morgan fingerprint density at radius 1 is 0.545 bits per heavy atom. The zero-order chi connectivity index (χ0) is 89.4. The second-order valence-electron chi connectivity index (χ2n) is 31.8. The Hall–Kier alpha value is -12.3. The third-order valence-electron chi connectivity index (χ3n) is 20.9. The first kappa shape index (κ1) is 96.2. The average Bonchev–Trinajstić information content (AvgIpc) is 1.78. The number of likely N-dealkylation sites (tertiary alicyclic amines) is 1. The van der Waals surface area contributed by atoms with Gasteiger partial charge < -0.3 is 90.0 Å². The third kappa shape index (κ3) is 31.0. The van der Waals surface area contributed by atoms with Crippen LogP contribution in [0.5, 0.6) is 0 Å². The van der Waals surface area contributed by atoms with Gasteiger partial charge in [0.25, 0.3) is 0 Å². The summed E-state index contributed by atoms with van der Waals surface area (Å²) in [4.78, 5) is 216. The first-order valence-corrected chi connectivity index (χ1v) is 41.9. The molecule has 18 N–H and O–H groups in total. The molecule has 660 valence electrons. The number of ketones is 1. The van der Waals surface area contributed by atoms with E-state index in [-0.39, 0.29) is 93.2 Å². The highest BCUT2D eigenvalue weighted by Crippen LogP contribution is 2.24. The fourth-order valence-corrected chi connectivity index (χ4v) is 14.5. The van der Waals surface area contributed by atoms with Crippen molar-refractivity contribution < 1.29 is 82.1 Å². The molecule has 0 bridgehead atoms. The number of Topliss-reactive ketones (excluding diaryl/α,β-unsaturated/α-hetero) is 1. The normalized spacial score (nSPS) is 16.2. The van der Waals surface area contributed by atoms with E-state index in [1.807, 2.05) is 63.2 Å². The maximum Gasteiger partial charge on any atom is 0.322 e. The van der Waals surface area contributed by atoms with E-state index >= 15 is 33.6 Å². The van der Waals surface area contributed by atoms with E-state index in [2.05, 4.69) is 79.4 Å². The molecule has 16 amide bonds. The number of fused-ring (bicyclic) bond motifs is 1. The van der Waals surface area contributed by atoms with Crippen molar-refractivity contribution in [2.45, 2.75) is 230 Å². The first-order chi connectivity index (χ1) is 58.7. The predicted molar refractivity (Wildman–Crippen MR) is 460 cm³/mol. The molecule has 0 spiro atoms. The molecular formula is C88H114ClN17O17. The summed E-state index contributed by atoms with van der Waals surface area (Å²) in [5.74, 6) is -10.8. The van der Waals surface area contributed by atoms with Crippen LogP contribution in [0.15, 0.2) is 140 Å². The monoisotopic (exact) mass is 1720 g/mol. The van der Waals surface area contributed by atoms with Crippen LogP contribution in [-0.4, -0.2) is 207 Å². The zero-order valence-corrected chi connectivity index (χ0v) is 70.9. The molecule has 0 radical (unpaired) electrons. The van der Waals surface area contributed by atoms with Crippen LogP contribution >= 0.6 is 11.6 Å². The molecule has 2 saturated heterocycles. The summed E-state index contributed by atoms with van der Waals surface area (Å²) < 4.78 is 0. The van der Waals surface area contributed by atoms with Gasteiger partial charge in [-0.05, 0) is 139 Å². The van der Waals surface area contributed by atoms with Crippen LogP contribution in [0.3, 0.4) is 0 Å². The van der Waals surface area contributed by atoms with Crippen molar-refractivity contribution in [2.75, 3.05) is 30.3 Å². The van der Waals surface area contributed by atoms with Crippen molar-refractivity contribution in [1.29, 1.82) is 0 Å². The summed E-state index contributed by atoms with van der Waals surface area (Å²) in [5, 5.41) is 61.3. The van der Waals surface area contributed by atoms with Gasteiger partial charge in [0.15, 0.2) is 5.78 Å². The number of carbonyl (C=O) groups excluding carboxylic acids is 15. The van der Waals surface area contributed by atoms with Crippen LogP contribution in [0.4, 0.5) is 21.0 Å². The van der Waals surface area contributed by atoms with Gasteiger partial charge in [0.05, 0.1) is 19.1 Å². The van der Waals surface area contributed by atoms with Gasteiger partial charge >= 0.3 is 12.1 Å². The van der Waals surface area contributed by atoms with Crippen LogP contribution in [0.1, 0.15) is 147 Å². The maximum absolute atomic E-state index is 15.5. The van der Waals surface area contributed by atoms with Crippen molar-refractivity contribution in [2.24, 2.45) is 11.7 Å². The highest BCUT2D eigenvalue weighted by Gasteiger charge is 2.41. The van der Waals surface area contributed by atoms with Crippen LogP contribution in [0.2, 0.25) is 5.02 Å². The number of amides is 16. The summed E-state index contributed by atoms with van der Waals surface area (Å²) in [7, 11) is 0. The van der Waals surface area contributed by atoms with Gasteiger partial charge in [0, 0.05) is 80.4 Å². The number of urea groups is 2. The van der Waals surface area contributed by atoms with Gasteiger partial charge in [0.1, 0.15) is 66.5 Å². The summed E-state index contributed by atoms with van der Waals surface area (Å²) in [6.07, 6.45) is 3.98. The second-order valence-corrected chi connectivity index (χ2v) is 32.2. The largest absolute Gasteiger partial charge is 0.394 e. The highest BCUT2D eigenvalue weighted by atomic mass is 35.5. The molecule has 5 aromatic carbocycles. The summed E-state index contributed by atoms with van der Waals surface area (Å²) >= 11 is 6.28. The molecular weight excluding hydrogens is 1600 g/mol. The fourth-order valence-electron chi connectivity index (χ4n) is 14.4. The number of aliphatic hydroxyl groups is 2. The molecule has 0 aliphatic carbocycles. The lowest BCUT2D eigenvalue weighted by Crippen LogP contribution is -2.62. The van der Waals surface area contributed by atoms with Gasteiger partial charge in [-0.2, -0.15) is 0 Å². The number of nitrogens with one attached hydrogen (secondary N) is 14. The average molecular weight is 1720 g/mol. The van der Waals surface area contributed by atoms with Gasteiger partial charge in [-0.25, -0.2) is 9.59 Å². The molecule has 12 atom stereocenters. The SMILES string of the molecule is CCCCC(O)C(=O)[C@@H](C)NC(=O)C1CCCN1C(=O)[C@H](CCCCCNC(C)C)NC(=O)[C@H](CC(C)C)NC(=O)[C@@H](Cc1ccc(NC(N)=O)cc1)NC(=O)[C@H](Cc1ccc(NC(=O)[C@@H]2CC(=O)NC(=O)N2)cc1)NC(=O)[C@H](CO)NC(=O)[C@@H](Cc1cccnc1)NC(=O)[C@@H](Cc1ccc(Cl)cc1)NC(=O)[C@@H](Cc1ccc2ccccc2c1)NC(C)=O. The third-order valence-corrected chi connectivity index (χ3v) is 21.1. The number of nitrogens with zero attached hydrogens (tertiary/aromatic N) is 2. The van der Waals surface area contributed by atoms with Crippen LogP contribution in [-0.2, 0) is 94.4 Å². The maximum atomic E-state index is 15.5. The molecule has 2 aliphatic heterocycles. The standard InChI is InChI=1S/C88H114ClN17O17/c1-8-9-22-74(109)76(111)52(6)93-85(120)73-21-16-39-106(73)86(121)64(20-11-10-14-38-92-51(4)5)97-78(113)65(40-50(2)3)98-80(115)68(43-56-28-35-63(36-29-56)96-87(90)122)100-82(117)69(44-55-26-33-62(34-27-55)95-77(112)71-47-75(110)105-88(123)104-71)102-84(119)72(49-107)103-83(118)70(46-58-17-15-37-91-48-58)101-81(116)67(42-54-24-31-61(89)32-25-54)99-79(114)66(94-53(7)108)45-57-23-30-59-18-12-13-19-60(59)41-57/h12-13,15,17-19,23-37,41,48,50-52,64-74,92,107,109H,8-11,14,16,20-22,38-40,42-47,49H2,1-7H3,(H,93,120)(H,94,108)(H,95,112)(H,97,113)(H,98,115)(H,99,114)(H,100,117)(H,101,116)(H,102,119)(H,103,118)(H3,90,96,122)(H2,104,105,110,123)/t52-,64+,65+,66-,67-,68-,69+,70-,71+,72+,73?,74?/m1/s1. The molecule has 3 heterocycles. The lowest BCUT2D eigenvalue weighted by Gasteiger charge is -2.31. The number of hydrogen-bond acceptors (Lipinski definition) is 19. The van der Waals surface area contributed by atoms with Crippen LogP contribution < -0.4 is 80.2 Å². The number of aromatic nitrogens is 1. The lowest BCUT2D eigenvalue weighted by molar-refractivity contribution is -0.143. The predicted octanol–water partition coefficient (Wildman–Crippen LogP) is 3.54. The smallest absolute Gasteiger partial charge is 0.322 e. The number of halogens is 1. The number of rotatable bonds is 46. The van der Waals surface area contributed by atoms with Crippen molar-refractivity contribution in [3.05, 3.63) is 173 Å². The van der Waals surface area contributed by atoms with Crippen LogP contribution in [0, 0.1) is 5.92 Å². The molecule has 8 rings (SSSR count). The van der Waals surface area contributed by atoms with Gasteiger partial charge in [0.2, 0.25) is 70.9 Å². The number of unbranched alkanes of at least 4 members (excludes halogenated alkanes) is 3. The van der Waals surface area contributed by atoms with Gasteiger partial charge in [-0.1, -0.05) is 157 Å². The molecule has 2 fully saturated rings. The van der Waals surface area contributed by atoms with E-state index in [9.17, 15) is 48.6 Å². The Morgan fingerprint density at radius 2 is 1.05 bits per heavy atom. The van der Waals surface area contributed by atoms with Crippen molar-refractivity contribution in [3.63, 3.8) is 0 Å². The Kier molecular flexibility index (Phi) is 37.4. The zero-order valence-electron chi connectivity index (χ0n) is 70.2. The number of primary amides is 1. The quantitative estimate of drug-likeness (QED) is 0.0243. The first-order valence-electron chi connectivity index (χ1n) is 41.6. The molecule has 123 heavy (non-hydrogen) atoms. The van der Waals surface area contributed by atoms with Crippen LogP contribution in [0.25, 0.3) is 10.8 Å². The number of pyridine rings is 1. The topological polar surface area (TPSA) is 507 Å². The molecule has 6 aromatic rings. The second kappa shape index (κ2) is 47.8. The summed E-state index contributed by atoms with van der Waals surface area (Å²) in [6.45, 7) is 11.9. The summed E-state index contributed by atoms with van der Waals surface area (Å²) in [5.41, 5.74) is 8.11. The van der Waals surface area contributed by atoms with E-state index < -0.39 is 174 Å². The number of imide groups is 1. The number of carbonyl (C=O) groups is 15. The van der Waals surface area contributed by atoms with Crippen molar-refractivity contribution >= 4 is 122 Å². The van der Waals surface area contributed by atoms with E-state index in [4.69, 9.17) is 17.3 Å². The van der Waals surface area contributed by atoms with Crippen molar-refractivity contribution in [1.82, 2.24) is 73.7 Å². The molecule has 2 aliphatic rings. The van der Waals surface area contributed by atoms with Crippen molar-refractivity contribution in [3.8, 4) is 0 Å². The molecule has 34 nitrogen and oxygen atoms in total.